The maximum absolute atomic E-state index is 13.2. The maximum Gasteiger partial charge on any atom is 0.341 e. The number of ether oxygens (including phenoxy) is 1. The van der Waals surface area contributed by atoms with E-state index >= 15 is 0 Å². The second-order valence-electron chi connectivity index (χ2n) is 7.82. The number of carbonyl (C=O) groups is 2. The minimum absolute atomic E-state index is 0.110. The third kappa shape index (κ3) is 5.27. The number of hydrogen-bond acceptors (Lipinski definition) is 7. The number of amides is 1. The summed E-state index contributed by atoms with van der Waals surface area (Å²) in [4.78, 5) is 26.4. The number of thioether (sulfide) groups is 1. The number of aryl methyl sites for hydroxylation is 1. The average Bonchev–Trinajstić information content (AvgIpc) is 3.32. The molecule has 1 aromatic carbocycles. The van der Waals surface area contributed by atoms with Crippen molar-refractivity contribution in [3.8, 4) is 11.4 Å². The van der Waals surface area contributed by atoms with Gasteiger partial charge in [-0.15, -0.1) is 21.5 Å². The number of aromatic nitrogens is 3. The van der Waals surface area contributed by atoms with Crippen molar-refractivity contribution in [1.29, 1.82) is 0 Å². The molecular formula is C23H25FN4O3S2. The molecule has 1 aliphatic rings. The fourth-order valence-corrected chi connectivity index (χ4v) is 5.91. The largest absolute Gasteiger partial charge is 0.465 e. The first-order valence-corrected chi connectivity index (χ1v) is 12.6. The number of nitrogens with zero attached hydrogens (tertiary/aromatic N) is 3. The normalized spacial score (nSPS) is 13.7. The maximum atomic E-state index is 13.2. The molecule has 0 aliphatic heterocycles. The first-order chi connectivity index (χ1) is 16.0. The molecule has 1 N–H and O–H groups in total. The van der Waals surface area contributed by atoms with Crippen LogP contribution in [0.3, 0.4) is 0 Å². The third-order valence-corrected chi connectivity index (χ3v) is 7.81. The standard InChI is InChI=1S/C23H25FN4O3S2/c1-28-20(14-9-11-15(24)12-10-14)26-27-23(28)32-13-18(29)25-21-19(22(30)31-2)16-7-5-3-4-6-8-17(16)33-21/h9-12H,3-8,13H2,1-2H3,(H,25,29). The van der Waals surface area contributed by atoms with Gasteiger partial charge in [0.05, 0.1) is 18.4 Å². The Morgan fingerprint density at radius 1 is 1.15 bits per heavy atom. The fourth-order valence-electron chi connectivity index (χ4n) is 3.91. The Hall–Kier alpha value is -2.72. The summed E-state index contributed by atoms with van der Waals surface area (Å²) in [5.74, 6) is -0.263. The number of hydrogen-bond donors (Lipinski definition) is 1. The summed E-state index contributed by atoms with van der Waals surface area (Å²) in [6.07, 6.45) is 6.18. The predicted molar refractivity (Wildman–Crippen MR) is 127 cm³/mol. The lowest BCUT2D eigenvalue weighted by Crippen LogP contribution is -2.16. The van der Waals surface area contributed by atoms with Crippen LogP contribution in [0, 0.1) is 5.82 Å². The van der Waals surface area contributed by atoms with E-state index in [0.717, 1.165) is 48.1 Å². The van der Waals surface area contributed by atoms with Gasteiger partial charge in [0.25, 0.3) is 0 Å². The van der Waals surface area contributed by atoms with E-state index in [1.54, 1.807) is 23.7 Å². The van der Waals surface area contributed by atoms with Crippen LogP contribution in [0.5, 0.6) is 0 Å². The van der Waals surface area contributed by atoms with Crippen LogP contribution < -0.4 is 5.32 Å². The number of thiophene rings is 1. The molecule has 0 unspecified atom stereocenters. The number of anilines is 1. The molecule has 0 saturated heterocycles. The Morgan fingerprint density at radius 2 is 1.88 bits per heavy atom. The minimum atomic E-state index is -0.409. The number of esters is 1. The number of methoxy groups -OCH3 is 1. The van der Waals surface area contributed by atoms with Gasteiger partial charge in [0.2, 0.25) is 5.91 Å². The minimum Gasteiger partial charge on any atom is -0.465 e. The van der Waals surface area contributed by atoms with Crippen molar-refractivity contribution in [3.05, 3.63) is 46.1 Å². The molecule has 174 valence electrons. The molecular weight excluding hydrogens is 463 g/mol. The lowest BCUT2D eigenvalue weighted by atomic mass is 9.96. The molecule has 7 nitrogen and oxygen atoms in total. The second-order valence-corrected chi connectivity index (χ2v) is 9.87. The lowest BCUT2D eigenvalue weighted by Gasteiger charge is -2.11. The van der Waals surface area contributed by atoms with Crippen LogP contribution in [0.25, 0.3) is 11.4 Å². The molecule has 2 heterocycles. The highest BCUT2D eigenvalue weighted by Crippen LogP contribution is 2.37. The summed E-state index contributed by atoms with van der Waals surface area (Å²) in [5.41, 5.74) is 2.25. The van der Waals surface area contributed by atoms with E-state index in [4.69, 9.17) is 4.74 Å². The molecule has 33 heavy (non-hydrogen) atoms. The van der Waals surface area contributed by atoms with Crippen molar-refractivity contribution in [1.82, 2.24) is 14.8 Å². The van der Waals surface area contributed by atoms with E-state index in [1.807, 2.05) is 0 Å². The summed E-state index contributed by atoms with van der Waals surface area (Å²) in [7, 11) is 3.16. The quantitative estimate of drug-likeness (QED) is 0.394. The van der Waals surface area contributed by atoms with Gasteiger partial charge in [-0.1, -0.05) is 24.6 Å². The Morgan fingerprint density at radius 3 is 2.61 bits per heavy atom. The molecule has 0 saturated carbocycles. The van der Waals surface area contributed by atoms with Gasteiger partial charge in [0.1, 0.15) is 10.8 Å². The summed E-state index contributed by atoms with van der Waals surface area (Å²) in [6.45, 7) is 0. The van der Waals surface area contributed by atoms with Gasteiger partial charge >= 0.3 is 5.97 Å². The zero-order valence-electron chi connectivity index (χ0n) is 18.5. The first-order valence-electron chi connectivity index (χ1n) is 10.8. The van der Waals surface area contributed by atoms with E-state index in [9.17, 15) is 14.0 Å². The number of halogens is 1. The Balaban J connectivity index is 1.47. The monoisotopic (exact) mass is 488 g/mol. The Kier molecular flexibility index (Phi) is 7.44. The second kappa shape index (κ2) is 10.5. The molecule has 4 rings (SSSR count). The molecule has 0 bridgehead atoms. The van der Waals surface area contributed by atoms with Crippen LogP contribution >= 0.6 is 23.1 Å². The number of carbonyl (C=O) groups excluding carboxylic acids is 2. The Bertz CT molecular complexity index is 1160. The summed E-state index contributed by atoms with van der Waals surface area (Å²) >= 11 is 2.72. The van der Waals surface area contributed by atoms with Gasteiger partial charge in [0.15, 0.2) is 11.0 Å². The van der Waals surface area contributed by atoms with Gasteiger partial charge < -0.3 is 14.6 Å². The number of nitrogens with one attached hydrogen (secondary N) is 1. The number of fused-ring (bicyclic) bond motifs is 1. The number of rotatable bonds is 6. The van der Waals surface area contributed by atoms with Crippen molar-refractivity contribution < 1.29 is 18.7 Å². The van der Waals surface area contributed by atoms with E-state index in [0.29, 0.717) is 21.5 Å². The highest BCUT2D eigenvalue weighted by molar-refractivity contribution is 7.99. The van der Waals surface area contributed by atoms with Crippen LogP contribution in [-0.2, 0) is 29.4 Å². The fraction of sp³-hybridized carbons (Fsp3) is 0.391. The lowest BCUT2D eigenvalue weighted by molar-refractivity contribution is -0.113. The highest BCUT2D eigenvalue weighted by atomic mass is 32.2. The molecule has 0 atom stereocenters. The highest BCUT2D eigenvalue weighted by Gasteiger charge is 2.26. The molecule has 0 fully saturated rings. The van der Waals surface area contributed by atoms with E-state index < -0.39 is 5.97 Å². The molecule has 2 aromatic heterocycles. The SMILES string of the molecule is COC(=O)c1c(NC(=O)CSc2nnc(-c3ccc(F)cc3)n2C)sc2c1CCCCCC2. The van der Waals surface area contributed by atoms with E-state index in [2.05, 4.69) is 15.5 Å². The first kappa shape index (κ1) is 23.4. The van der Waals surface area contributed by atoms with Crippen molar-refractivity contribution >= 4 is 40.0 Å². The topological polar surface area (TPSA) is 86.1 Å². The van der Waals surface area contributed by atoms with Crippen LogP contribution in [0.2, 0.25) is 0 Å². The third-order valence-electron chi connectivity index (χ3n) is 5.58. The zero-order valence-corrected chi connectivity index (χ0v) is 20.2. The van der Waals surface area contributed by atoms with Crippen molar-refractivity contribution in [2.45, 2.75) is 43.7 Å². The zero-order chi connectivity index (χ0) is 23.4. The average molecular weight is 489 g/mol. The van der Waals surface area contributed by atoms with Crippen molar-refractivity contribution in [2.24, 2.45) is 7.05 Å². The smallest absolute Gasteiger partial charge is 0.341 e. The van der Waals surface area contributed by atoms with E-state index in [-0.39, 0.29) is 17.5 Å². The van der Waals surface area contributed by atoms with Gasteiger partial charge in [-0.3, -0.25) is 4.79 Å². The van der Waals surface area contributed by atoms with E-state index in [1.165, 1.54) is 48.8 Å². The summed E-state index contributed by atoms with van der Waals surface area (Å²) < 4.78 is 20.0. The van der Waals surface area contributed by atoms with Crippen LogP contribution in [0.1, 0.15) is 46.5 Å². The van der Waals surface area contributed by atoms with Crippen LogP contribution in [0.4, 0.5) is 9.39 Å². The van der Waals surface area contributed by atoms with Crippen molar-refractivity contribution in [3.63, 3.8) is 0 Å². The van der Waals surface area contributed by atoms with Crippen molar-refractivity contribution in [2.75, 3.05) is 18.2 Å². The predicted octanol–water partition coefficient (Wildman–Crippen LogP) is 4.86. The van der Waals surface area contributed by atoms with Gasteiger partial charge in [-0.25, -0.2) is 9.18 Å². The molecule has 0 spiro atoms. The molecule has 10 heteroatoms. The number of benzene rings is 1. The van der Waals surface area contributed by atoms with Gasteiger partial charge in [-0.05, 0) is 55.5 Å². The summed E-state index contributed by atoms with van der Waals surface area (Å²) in [6, 6.07) is 6.01. The van der Waals surface area contributed by atoms with Crippen LogP contribution in [-0.4, -0.2) is 39.5 Å². The Labute approximate surface area is 199 Å². The van der Waals surface area contributed by atoms with Gasteiger partial charge in [-0.2, -0.15) is 0 Å². The molecule has 1 aliphatic carbocycles. The molecule has 1 amide bonds. The molecule has 3 aromatic rings. The summed E-state index contributed by atoms with van der Waals surface area (Å²) in [5, 5.41) is 12.4. The van der Waals surface area contributed by atoms with Crippen LogP contribution in [0.15, 0.2) is 29.4 Å². The van der Waals surface area contributed by atoms with Gasteiger partial charge in [0, 0.05) is 17.5 Å². The molecule has 0 radical (unpaired) electrons.